The van der Waals surface area contributed by atoms with Gasteiger partial charge in [0, 0.05) is 19.5 Å². The first-order chi connectivity index (χ1) is 6.74. The van der Waals surface area contributed by atoms with Gasteiger partial charge in [-0.25, -0.2) is 0 Å². The van der Waals surface area contributed by atoms with Gasteiger partial charge in [-0.2, -0.15) is 0 Å². The van der Waals surface area contributed by atoms with Gasteiger partial charge < -0.3 is 9.64 Å². The third kappa shape index (κ3) is 1.25. The van der Waals surface area contributed by atoms with Crippen LogP contribution in [0.15, 0.2) is 12.1 Å². The number of benzene rings is 1. The van der Waals surface area contributed by atoms with Crippen molar-refractivity contribution in [2.45, 2.75) is 12.8 Å². The Morgan fingerprint density at radius 1 is 1.50 bits per heavy atom. The average Bonchev–Trinajstić information content (AvgIpc) is 2.23. The highest BCUT2D eigenvalue weighted by Crippen LogP contribution is 2.34. The van der Waals surface area contributed by atoms with Gasteiger partial charge >= 0.3 is 0 Å². The van der Waals surface area contributed by atoms with E-state index < -0.39 is 0 Å². The smallest absolute Gasteiger partial charge is 0.227 e. The van der Waals surface area contributed by atoms with Crippen LogP contribution in [-0.2, 0) is 11.2 Å². The molecular weight excluding hydrogens is 178 g/mol. The fraction of sp³-hybridized carbons (Fsp3) is 0.364. The van der Waals surface area contributed by atoms with Crippen molar-refractivity contribution < 1.29 is 9.53 Å². The van der Waals surface area contributed by atoms with Crippen molar-refractivity contribution in [3.8, 4) is 5.75 Å². The molecule has 0 unspecified atom stereocenters. The third-order valence-corrected chi connectivity index (χ3v) is 2.54. The summed E-state index contributed by atoms with van der Waals surface area (Å²) in [5.41, 5.74) is 2.02. The molecular formula is C11H12NO2. The van der Waals surface area contributed by atoms with Crippen molar-refractivity contribution in [3.05, 3.63) is 23.8 Å². The van der Waals surface area contributed by atoms with Gasteiger partial charge in [0.05, 0.1) is 12.8 Å². The second-order valence-electron chi connectivity index (χ2n) is 3.34. The minimum atomic E-state index is 0.135. The SMILES string of the molecule is COc1[c]ccc2c1N(C)C(=O)CC2. The lowest BCUT2D eigenvalue weighted by atomic mass is 10.0. The molecule has 14 heavy (non-hydrogen) atoms. The molecule has 0 atom stereocenters. The van der Waals surface area contributed by atoms with E-state index >= 15 is 0 Å². The largest absolute Gasteiger partial charge is 0.494 e. The van der Waals surface area contributed by atoms with Crippen LogP contribution in [0.4, 0.5) is 5.69 Å². The monoisotopic (exact) mass is 190 g/mol. The van der Waals surface area contributed by atoms with E-state index in [0.29, 0.717) is 12.2 Å². The van der Waals surface area contributed by atoms with Crippen LogP contribution in [0.1, 0.15) is 12.0 Å². The van der Waals surface area contributed by atoms with E-state index in [4.69, 9.17) is 4.74 Å². The van der Waals surface area contributed by atoms with E-state index in [0.717, 1.165) is 17.7 Å². The highest BCUT2D eigenvalue weighted by molar-refractivity contribution is 5.97. The number of carbonyl (C=O) groups excluding carboxylic acids is 1. The predicted octanol–water partition coefficient (Wildman–Crippen LogP) is 1.40. The van der Waals surface area contributed by atoms with Gasteiger partial charge in [0.2, 0.25) is 5.91 Å². The molecule has 1 aromatic carbocycles. The fourth-order valence-electron chi connectivity index (χ4n) is 1.77. The summed E-state index contributed by atoms with van der Waals surface area (Å²) in [5, 5.41) is 0. The highest BCUT2D eigenvalue weighted by Gasteiger charge is 2.23. The minimum absolute atomic E-state index is 0.135. The molecule has 73 valence electrons. The van der Waals surface area contributed by atoms with E-state index in [2.05, 4.69) is 6.07 Å². The number of carbonyl (C=O) groups is 1. The molecule has 1 aromatic rings. The standard InChI is InChI=1S/C11H12NO2/c1-12-10(13)7-6-8-4-3-5-9(14-2)11(8)12/h3-4H,6-7H2,1-2H3. The summed E-state index contributed by atoms with van der Waals surface area (Å²) in [5.74, 6) is 0.786. The van der Waals surface area contributed by atoms with Crippen molar-refractivity contribution >= 4 is 11.6 Å². The number of anilines is 1. The van der Waals surface area contributed by atoms with E-state index in [1.165, 1.54) is 0 Å². The van der Waals surface area contributed by atoms with E-state index in [1.54, 1.807) is 19.1 Å². The zero-order valence-corrected chi connectivity index (χ0v) is 8.33. The Kier molecular flexibility index (Phi) is 2.15. The first-order valence-corrected chi connectivity index (χ1v) is 4.58. The maximum absolute atomic E-state index is 11.5. The van der Waals surface area contributed by atoms with Crippen LogP contribution >= 0.6 is 0 Å². The minimum Gasteiger partial charge on any atom is -0.494 e. The van der Waals surface area contributed by atoms with Gasteiger partial charge in [-0.05, 0) is 12.0 Å². The van der Waals surface area contributed by atoms with Crippen molar-refractivity contribution in [1.82, 2.24) is 0 Å². The Morgan fingerprint density at radius 2 is 2.29 bits per heavy atom. The normalized spacial score (nSPS) is 15.3. The lowest BCUT2D eigenvalue weighted by molar-refractivity contribution is -0.118. The summed E-state index contributed by atoms with van der Waals surface area (Å²) >= 11 is 0. The zero-order valence-electron chi connectivity index (χ0n) is 8.33. The summed E-state index contributed by atoms with van der Waals surface area (Å²) in [4.78, 5) is 13.1. The molecule has 0 bridgehead atoms. The second-order valence-corrected chi connectivity index (χ2v) is 3.34. The lowest BCUT2D eigenvalue weighted by Crippen LogP contribution is -2.31. The van der Waals surface area contributed by atoms with Crippen LogP contribution in [0.2, 0.25) is 0 Å². The molecule has 1 aliphatic heterocycles. The van der Waals surface area contributed by atoms with Crippen LogP contribution in [0.3, 0.4) is 0 Å². The Hall–Kier alpha value is -1.51. The molecule has 3 nitrogen and oxygen atoms in total. The van der Waals surface area contributed by atoms with Crippen molar-refractivity contribution in [2.75, 3.05) is 19.1 Å². The first-order valence-electron chi connectivity index (χ1n) is 4.58. The maximum atomic E-state index is 11.5. The van der Waals surface area contributed by atoms with Gasteiger partial charge in [-0.1, -0.05) is 12.1 Å². The number of hydrogen-bond acceptors (Lipinski definition) is 2. The number of nitrogens with zero attached hydrogens (tertiary/aromatic N) is 1. The van der Waals surface area contributed by atoms with Gasteiger partial charge in [0.15, 0.2) is 5.75 Å². The molecule has 0 spiro atoms. The van der Waals surface area contributed by atoms with Gasteiger partial charge in [0.25, 0.3) is 0 Å². The molecule has 0 saturated heterocycles. The van der Waals surface area contributed by atoms with Gasteiger partial charge in [0.1, 0.15) is 0 Å². The molecule has 1 aliphatic rings. The van der Waals surface area contributed by atoms with Crippen molar-refractivity contribution in [3.63, 3.8) is 0 Å². The van der Waals surface area contributed by atoms with E-state index in [-0.39, 0.29) is 5.91 Å². The Morgan fingerprint density at radius 3 is 3.00 bits per heavy atom. The summed E-state index contributed by atoms with van der Waals surface area (Å²) in [6.07, 6.45) is 1.38. The molecule has 0 aromatic heterocycles. The highest BCUT2D eigenvalue weighted by atomic mass is 16.5. The van der Waals surface area contributed by atoms with Gasteiger partial charge in [-0.15, -0.1) is 0 Å². The topological polar surface area (TPSA) is 29.5 Å². The number of ether oxygens (including phenoxy) is 1. The van der Waals surface area contributed by atoms with Crippen molar-refractivity contribution in [1.29, 1.82) is 0 Å². The number of fused-ring (bicyclic) bond motifs is 1. The number of amides is 1. The fourth-order valence-corrected chi connectivity index (χ4v) is 1.77. The van der Waals surface area contributed by atoms with Crippen LogP contribution < -0.4 is 9.64 Å². The molecule has 0 N–H and O–H groups in total. The van der Waals surface area contributed by atoms with E-state index in [1.807, 2.05) is 12.1 Å². The molecule has 2 rings (SSSR count). The summed E-state index contributed by atoms with van der Waals surface area (Å²) < 4.78 is 5.18. The first kappa shape index (κ1) is 9.06. The number of aryl methyl sites for hydroxylation is 1. The molecule has 1 heterocycles. The van der Waals surface area contributed by atoms with Gasteiger partial charge in [-0.3, -0.25) is 4.79 Å². The predicted molar refractivity (Wildman–Crippen MR) is 53.6 cm³/mol. The zero-order chi connectivity index (χ0) is 10.1. The average molecular weight is 190 g/mol. The molecule has 1 radical (unpaired) electrons. The van der Waals surface area contributed by atoms with E-state index in [9.17, 15) is 4.79 Å². The summed E-state index contributed by atoms with van der Waals surface area (Å²) in [6, 6.07) is 6.80. The van der Waals surface area contributed by atoms with Crippen LogP contribution in [-0.4, -0.2) is 20.1 Å². The summed E-state index contributed by atoms with van der Waals surface area (Å²) in [6.45, 7) is 0. The molecule has 0 fully saturated rings. The quantitative estimate of drug-likeness (QED) is 0.670. The Bertz CT molecular complexity index is 359. The summed E-state index contributed by atoms with van der Waals surface area (Å²) in [7, 11) is 3.37. The number of rotatable bonds is 1. The van der Waals surface area contributed by atoms with Crippen LogP contribution in [0.25, 0.3) is 0 Å². The maximum Gasteiger partial charge on any atom is 0.227 e. The van der Waals surface area contributed by atoms with Crippen LogP contribution in [0.5, 0.6) is 5.75 Å². The third-order valence-electron chi connectivity index (χ3n) is 2.54. The van der Waals surface area contributed by atoms with Crippen LogP contribution in [0, 0.1) is 6.07 Å². The molecule has 3 heteroatoms. The van der Waals surface area contributed by atoms with Crippen molar-refractivity contribution in [2.24, 2.45) is 0 Å². The Balaban J connectivity index is 2.55. The number of hydrogen-bond donors (Lipinski definition) is 0. The molecule has 0 saturated carbocycles. The Labute approximate surface area is 83.3 Å². The second kappa shape index (κ2) is 3.33. The number of methoxy groups -OCH3 is 1. The molecule has 1 amide bonds. The molecule has 0 aliphatic carbocycles. The lowest BCUT2D eigenvalue weighted by Gasteiger charge is -2.27.